The van der Waals surface area contributed by atoms with E-state index in [1.807, 2.05) is 0 Å². The minimum atomic E-state index is -1.31. The maximum atomic E-state index is 11.7. The van der Waals surface area contributed by atoms with Crippen molar-refractivity contribution < 1.29 is 19.8 Å². The van der Waals surface area contributed by atoms with E-state index in [1.54, 1.807) is 13.8 Å². The van der Waals surface area contributed by atoms with Crippen LogP contribution in [0.25, 0.3) is 0 Å². The van der Waals surface area contributed by atoms with Crippen LogP contribution in [0.2, 0.25) is 0 Å². The summed E-state index contributed by atoms with van der Waals surface area (Å²) in [6, 6.07) is 4.52. The molecule has 0 aliphatic heterocycles. The molecular weight excluding hydrogens is 222 g/mol. The van der Waals surface area contributed by atoms with Crippen LogP contribution >= 0.6 is 0 Å². The van der Waals surface area contributed by atoms with Gasteiger partial charge in [-0.15, -0.1) is 0 Å². The third-order valence-electron chi connectivity index (χ3n) is 2.34. The predicted octanol–water partition coefficient (Wildman–Crippen LogP) is -0.104. The topological polar surface area (TPSA) is 89.5 Å². The molecule has 1 aromatic carbocycles. The molecule has 0 aliphatic carbocycles. The van der Waals surface area contributed by atoms with E-state index in [2.05, 4.69) is 5.32 Å². The van der Waals surface area contributed by atoms with Crippen LogP contribution in [0.4, 0.5) is 0 Å². The number of amides is 1. The quantitative estimate of drug-likeness (QED) is 0.763. The average Bonchev–Trinajstić information content (AvgIpc) is 2.25. The van der Waals surface area contributed by atoms with Crippen molar-refractivity contribution in [3.8, 4) is 5.75 Å². The van der Waals surface area contributed by atoms with Gasteiger partial charge in [-0.2, -0.15) is 0 Å². The van der Waals surface area contributed by atoms with Gasteiger partial charge in [0.15, 0.2) is 0 Å². The Labute approximate surface area is 99.1 Å². The summed E-state index contributed by atoms with van der Waals surface area (Å²) in [5.74, 6) is -2.04. The van der Waals surface area contributed by atoms with Crippen LogP contribution in [0, 0.1) is 5.92 Å². The van der Waals surface area contributed by atoms with Crippen LogP contribution in [-0.2, 0) is 4.79 Å². The Kier molecular flexibility index (Phi) is 4.09. The Balaban J connectivity index is 2.77. The summed E-state index contributed by atoms with van der Waals surface area (Å²) in [5.41, 5.74) is 0.287. The number of phenolic OH excluding ortho intramolecular Hbond substituents is 1. The van der Waals surface area contributed by atoms with Crippen LogP contribution in [0.5, 0.6) is 5.75 Å². The van der Waals surface area contributed by atoms with Crippen LogP contribution in [0.15, 0.2) is 24.3 Å². The number of aliphatic carboxylic acids is 1. The lowest BCUT2D eigenvalue weighted by molar-refractivity contribution is -0.309. The summed E-state index contributed by atoms with van der Waals surface area (Å²) >= 11 is 0. The van der Waals surface area contributed by atoms with Gasteiger partial charge in [0.05, 0.1) is 12.0 Å². The molecule has 5 nitrogen and oxygen atoms in total. The zero-order chi connectivity index (χ0) is 13.0. The first kappa shape index (κ1) is 13.0. The lowest BCUT2D eigenvalue weighted by atomic mass is 10.0. The van der Waals surface area contributed by atoms with Crippen molar-refractivity contribution in [2.24, 2.45) is 5.92 Å². The van der Waals surface area contributed by atoms with Gasteiger partial charge in [0.1, 0.15) is 5.75 Å². The van der Waals surface area contributed by atoms with Crippen molar-refractivity contribution in [3.63, 3.8) is 0 Å². The molecule has 0 fully saturated rings. The summed E-state index contributed by atoms with van der Waals surface area (Å²) in [6.45, 7) is 3.36. The van der Waals surface area contributed by atoms with Gasteiger partial charge in [-0.1, -0.05) is 13.8 Å². The van der Waals surface area contributed by atoms with E-state index in [0.717, 1.165) is 0 Å². The van der Waals surface area contributed by atoms with Crippen molar-refractivity contribution in [2.45, 2.75) is 19.9 Å². The number of carboxylic acids is 1. The van der Waals surface area contributed by atoms with E-state index in [9.17, 15) is 14.7 Å². The summed E-state index contributed by atoms with van der Waals surface area (Å²) in [6.07, 6.45) is 0. The number of phenols is 1. The van der Waals surface area contributed by atoms with Gasteiger partial charge in [0.2, 0.25) is 0 Å². The van der Waals surface area contributed by atoms with Crippen LogP contribution in [0.3, 0.4) is 0 Å². The smallest absolute Gasteiger partial charge is 0.251 e. The number of carboxylic acid groups (broad SMARTS) is 1. The lowest BCUT2D eigenvalue weighted by Gasteiger charge is -2.23. The van der Waals surface area contributed by atoms with Crippen molar-refractivity contribution in [1.29, 1.82) is 0 Å². The molecule has 1 atom stereocenters. The van der Waals surface area contributed by atoms with Crippen molar-refractivity contribution in [2.75, 3.05) is 0 Å². The number of nitrogens with one attached hydrogen (secondary N) is 1. The Morgan fingerprint density at radius 3 is 2.18 bits per heavy atom. The molecule has 0 saturated heterocycles. The maximum absolute atomic E-state index is 11.7. The number of hydrogen-bond donors (Lipinski definition) is 2. The SMILES string of the molecule is CC(C)C(NC(=O)c1ccc(O)cc1)C(=O)[O-]. The van der Waals surface area contributed by atoms with Gasteiger partial charge >= 0.3 is 0 Å². The van der Waals surface area contributed by atoms with Gasteiger partial charge in [-0.25, -0.2) is 0 Å². The average molecular weight is 236 g/mol. The van der Waals surface area contributed by atoms with Crippen LogP contribution < -0.4 is 10.4 Å². The predicted molar refractivity (Wildman–Crippen MR) is 59.2 cm³/mol. The largest absolute Gasteiger partial charge is 0.548 e. The van der Waals surface area contributed by atoms with E-state index >= 15 is 0 Å². The number of carbonyl (C=O) groups is 2. The molecule has 1 rings (SSSR count). The Hall–Kier alpha value is -2.04. The monoisotopic (exact) mass is 236 g/mol. The molecule has 17 heavy (non-hydrogen) atoms. The fraction of sp³-hybridized carbons (Fsp3) is 0.333. The Bertz CT molecular complexity index is 411. The second-order valence-electron chi connectivity index (χ2n) is 4.06. The molecule has 0 aliphatic rings. The molecule has 5 heteroatoms. The first-order valence-electron chi connectivity index (χ1n) is 5.22. The number of carbonyl (C=O) groups excluding carboxylic acids is 2. The molecule has 92 valence electrons. The molecule has 0 spiro atoms. The summed E-state index contributed by atoms with van der Waals surface area (Å²) in [4.78, 5) is 22.5. The third kappa shape index (κ3) is 3.48. The van der Waals surface area contributed by atoms with E-state index < -0.39 is 17.9 Å². The number of aromatic hydroxyl groups is 1. The number of rotatable bonds is 4. The van der Waals surface area contributed by atoms with Gasteiger partial charge in [-0.3, -0.25) is 4.79 Å². The maximum Gasteiger partial charge on any atom is 0.251 e. The standard InChI is InChI=1S/C12H15NO4/c1-7(2)10(12(16)17)13-11(15)8-3-5-9(14)6-4-8/h3-7,10,14H,1-2H3,(H,13,15)(H,16,17)/p-1. The highest BCUT2D eigenvalue weighted by Gasteiger charge is 2.17. The van der Waals surface area contributed by atoms with E-state index in [4.69, 9.17) is 5.11 Å². The highest BCUT2D eigenvalue weighted by Crippen LogP contribution is 2.10. The fourth-order valence-electron chi connectivity index (χ4n) is 1.34. The molecule has 1 aromatic rings. The van der Waals surface area contributed by atoms with Gasteiger partial charge in [-0.05, 0) is 30.2 Å². The van der Waals surface area contributed by atoms with Gasteiger partial charge in [0.25, 0.3) is 5.91 Å². The van der Waals surface area contributed by atoms with Crippen molar-refractivity contribution in [3.05, 3.63) is 29.8 Å². The molecule has 0 heterocycles. The Morgan fingerprint density at radius 1 is 1.24 bits per heavy atom. The summed E-state index contributed by atoms with van der Waals surface area (Å²) < 4.78 is 0. The first-order chi connectivity index (χ1) is 7.91. The molecular formula is C12H14NO4-. The summed E-state index contributed by atoms with van der Waals surface area (Å²) in [7, 11) is 0. The van der Waals surface area contributed by atoms with Crippen molar-refractivity contribution >= 4 is 11.9 Å². The zero-order valence-electron chi connectivity index (χ0n) is 9.64. The molecule has 0 bridgehead atoms. The van der Waals surface area contributed by atoms with Crippen molar-refractivity contribution in [1.82, 2.24) is 5.32 Å². The summed E-state index contributed by atoms with van der Waals surface area (Å²) in [5, 5.41) is 22.2. The van der Waals surface area contributed by atoms with Gasteiger partial charge < -0.3 is 20.3 Å². The first-order valence-corrected chi connectivity index (χ1v) is 5.22. The van der Waals surface area contributed by atoms with Gasteiger partial charge in [0, 0.05) is 5.56 Å². The number of benzene rings is 1. The molecule has 0 aromatic heterocycles. The molecule has 1 amide bonds. The second-order valence-corrected chi connectivity index (χ2v) is 4.06. The second kappa shape index (κ2) is 5.34. The highest BCUT2D eigenvalue weighted by atomic mass is 16.4. The minimum absolute atomic E-state index is 0.0434. The molecule has 1 unspecified atom stereocenters. The zero-order valence-corrected chi connectivity index (χ0v) is 9.64. The molecule has 0 radical (unpaired) electrons. The molecule has 0 saturated carbocycles. The van der Waals surface area contributed by atoms with E-state index in [1.165, 1.54) is 24.3 Å². The Morgan fingerprint density at radius 2 is 1.76 bits per heavy atom. The third-order valence-corrected chi connectivity index (χ3v) is 2.34. The highest BCUT2D eigenvalue weighted by molar-refractivity contribution is 5.96. The normalized spacial score (nSPS) is 12.2. The van der Waals surface area contributed by atoms with E-state index in [-0.39, 0.29) is 17.2 Å². The van der Waals surface area contributed by atoms with E-state index in [0.29, 0.717) is 0 Å². The van der Waals surface area contributed by atoms with Crippen LogP contribution in [0.1, 0.15) is 24.2 Å². The number of hydrogen-bond acceptors (Lipinski definition) is 4. The van der Waals surface area contributed by atoms with Crippen LogP contribution in [-0.4, -0.2) is 23.0 Å². The lowest BCUT2D eigenvalue weighted by Crippen LogP contribution is -2.50. The molecule has 2 N–H and O–H groups in total. The fourth-order valence-corrected chi connectivity index (χ4v) is 1.34. The minimum Gasteiger partial charge on any atom is -0.548 e.